The number of esters is 1. The lowest BCUT2D eigenvalue weighted by atomic mass is 9.84. The van der Waals surface area contributed by atoms with Gasteiger partial charge in [-0.3, -0.25) is 13.9 Å². The molecular formula is C24H32N5O8P. The van der Waals surface area contributed by atoms with Crippen molar-refractivity contribution in [2.75, 3.05) is 19.0 Å². The molecule has 1 saturated heterocycles. The normalized spacial score (nSPS) is 25.3. The van der Waals surface area contributed by atoms with Crippen LogP contribution >= 0.6 is 7.75 Å². The summed E-state index contributed by atoms with van der Waals surface area (Å²) < 4.78 is 37.1. The number of nitriles is 1. The summed E-state index contributed by atoms with van der Waals surface area (Å²) in [5.41, 5.74) is -2.28. The maximum absolute atomic E-state index is 13.7. The molecule has 3 rings (SSSR count). The van der Waals surface area contributed by atoms with Gasteiger partial charge in [0.05, 0.1) is 18.8 Å². The monoisotopic (exact) mass is 549 g/mol. The van der Waals surface area contributed by atoms with Crippen molar-refractivity contribution in [1.29, 1.82) is 5.26 Å². The third-order valence-electron chi connectivity index (χ3n) is 5.80. The molecule has 1 aliphatic rings. The van der Waals surface area contributed by atoms with Crippen LogP contribution in [-0.2, 0) is 23.4 Å². The Morgan fingerprint density at radius 2 is 2.00 bits per heavy atom. The SMILES string of the molecule is CNc1ccn(C2O[C@H](CO[P@](=O)(NC(C)C(=O)OC(C)C)Oc3ccccc3)[C@@H](O)[C@@]2(C)C#N)c(=O)n1. The summed E-state index contributed by atoms with van der Waals surface area (Å²) in [5, 5.41) is 26.2. The van der Waals surface area contributed by atoms with E-state index in [2.05, 4.69) is 15.4 Å². The fourth-order valence-corrected chi connectivity index (χ4v) is 5.26. The topological polar surface area (TPSA) is 174 Å². The van der Waals surface area contributed by atoms with Gasteiger partial charge in [-0.2, -0.15) is 15.3 Å². The molecule has 0 bridgehead atoms. The summed E-state index contributed by atoms with van der Waals surface area (Å²) in [4.78, 5) is 28.8. The summed E-state index contributed by atoms with van der Waals surface area (Å²) in [7, 11) is -2.65. The number of anilines is 1. The van der Waals surface area contributed by atoms with E-state index < -0.39 is 62.0 Å². The Morgan fingerprint density at radius 3 is 2.58 bits per heavy atom. The first-order valence-electron chi connectivity index (χ1n) is 11.9. The highest BCUT2D eigenvalue weighted by Crippen LogP contribution is 2.48. The predicted molar refractivity (Wildman–Crippen MR) is 136 cm³/mol. The van der Waals surface area contributed by atoms with E-state index in [4.69, 9.17) is 18.5 Å². The molecule has 1 aliphatic heterocycles. The quantitative estimate of drug-likeness (QED) is 0.276. The minimum atomic E-state index is -4.25. The molecule has 6 atom stereocenters. The van der Waals surface area contributed by atoms with Crippen molar-refractivity contribution in [3.05, 3.63) is 53.1 Å². The highest BCUT2D eigenvalue weighted by Gasteiger charge is 2.55. The minimum Gasteiger partial charge on any atom is -0.462 e. The molecule has 2 aromatic rings. The van der Waals surface area contributed by atoms with Gasteiger partial charge in [-0.05, 0) is 45.9 Å². The first-order chi connectivity index (χ1) is 17.9. The van der Waals surface area contributed by atoms with E-state index in [9.17, 15) is 24.5 Å². The Morgan fingerprint density at radius 1 is 1.32 bits per heavy atom. The molecule has 0 amide bonds. The molecule has 2 unspecified atom stereocenters. The summed E-state index contributed by atoms with van der Waals surface area (Å²) in [5.74, 6) is -0.159. The fourth-order valence-electron chi connectivity index (χ4n) is 3.76. The zero-order valence-electron chi connectivity index (χ0n) is 21.7. The lowest BCUT2D eigenvalue weighted by Crippen LogP contribution is -2.40. The van der Waals surface area contributed by atoms with Crippen LogP contribution in [0, 0.1) is 16.7 Å². The van der Waals surface area contributed by atoms with Crippen LogP contribution in [0.1, 0.15) is 33.9 Å². The second-order valence-electron chi connectivity index (χ2n) is 9.15. The van der Waals surface area contributed by atoms with E-state index in [-0.39, 0.29) is 5.75 Å². The number of ether oxygens (including phenoxy) is 2. The maximum Gasteiger partial charge on any atom is 0.459 e. The molecule has 0 spiro atoms. The number of hydrogen-bond acceptors (Lipinski definition) is 11. The molecule has 38 heavy (non-hydrogen) atoms. The second kappa shape index (κ2) is 12.1. The zero-order chi connectivity index (χ0) is 28.1. The summed E-state index contributed by atoms with van der Waals surface area (Å²) in [6, 6.07) is 10.6. The van der Waals surface area contributed by atoms with Gasteiger partial charge in [0.1, 0.15) is 35.2 Å². The number of carbonyl (C=O) groups excluding carboxylic acids is 1. The first-order valence-corrected chi connectivity index (χ1v) is 13.5. The highest BCUT2D eigenvalue weighted by atomic mass is 31.2. The van der Waals surface area contributed by atoms with Gasteiger partial charge in [-0.1, -0.05) is 18.2 Å². The van der Waals surface area contributed by atoms with Gasteiger partial charge in [0.2, 0.25) is 0 Å². The standard InChI is InChI=1S/C24H32N5O8P/c1-15(2)35-21(31)16(3)28-38(33,37-17-9-7-6-8-10-17)34-13-18-20(30)24(4,14-25)22(36-18)29-12-11-19(26-5)27-23(29)32/h6-12,15-16,18,20,22,30H,13H2,1-5H3,(H,28,33)(H,26,27,32)/t16?,18-,20-,22?,24-,38-/m1/s1. The summed E-state index contributed by atoms with van der Waals surface area (Å²) in [6.45, 7) is 5.72. The van der Waals surface area contributed by atoms with Gasteiger partial charge in [-0.25, -0.2) is 9.36 Å². The summed E-state index contributed by atoms with van der Waals surface area (Å²) >= 11 is 0. The maximum atomic E-state index is 13.7. The van der Waals surface area contributed by atoms with Crippen LogP contribution in [0.4, 0.5) is 5.82 Å². The lowest BCUT2D eigenvalue weighted by Gasteiger charge is -2.26. The molecule has 14 heteroatoms. The molecule has 1 fully saturated rings. The average Bonchev–Trinajstić information content (AvgIpc) is 3.13. The van der Waals surface area contributed by atoms with Crippen molar-refractivity contribution in [3.8, 4) is 11.8 Å². The van der Waals surface area contributed by atoms with E-state index in [1.54, 1.807) is 51.2 Å². The minimum absolute atomic E-state index is 0.197. The number of rotatable bonds is 11. The van der Waals surface area contributed by atoms with Crippen LogP contribution in [0.2, 0.25) is 0 Å². The first kappa shape index (κ1) is 29.3. The highest BCUT2D eigenvalue weighted by molar-refractivity contribution is 7.52. The van der Waals surface area contributed by atoms with Crippen molar-refractivity contribution in [1.82, 2.24) is 14.6 Å². The average molecular weight is 550 g/mol. The number of nitrogens with one attached hydrogen (secondary N) is 2. The third kappa shape index (κ3) is 6.59. The molecule has 206 valence electrons. The molecule has 0 aliphatic carbocycles. The van der Waals surface area contributed by atoms with Crippen LogP contribution in [-0.4, -0.2) is 58.6 Å². The number of nitrogens with zero attached hydrogens (tertiary/aromatic N) is 3. The zero-order valence-corrected chi connectivity index (χ0v) is 22.6. The molecule has 1 aromatic carbocycles. The van der Waals surface area contributed by atoms with Crippen LogP contribution < -0.4 is 20.6 Å². The van der Waals surface area contributed by atoms with E-state index in [0.29, 0.717) is 5.82 Å². The molecule has 13 nitrogen and oxygen atoms in total. The Bertz CT molecular complexity index is 1270. The van der Waals surface area contributed by atoms with E-state index in [1.807, 2.05) is 6.07 Å². The van der Waals surface area contributed by atoms with Crippen LogP contribution in [0.5, 0.6) is 5.75 Å². The van der Waals surface area contributed by atoms with Gasteiger partial charge >= 0.3 is 19.4 Å². The van der Waals surface area contributed by atoms with Gasteiger partial charge < -0.3 is 24.4 Å². The van der Waals surface area contributed by atoms with Crippen molar-refractivity contribution < 1.29 is 33.0 Å². The van der Waals surface area contributed by atoms with E-state index in [0.717, 1.165) is 4.57 Å². The number of para-hydroxylation sites is 1. The molecule has 0 saturated carbocycles. The molecule has 3 N–H and O–H groups in total. The Balaban J connectivity index is 1.83. The Hall–Kier alpha value is -3.27. The van der Waals surface area contributed by atoms with Gasteiger partial charge in [0.25, 0.3) is 0 Å². The van der Waals surface area contributed by atoms with E-state index in [1.165, 1.54) is 26.1 Å². The largest absolute Gasteiger partial charge is 0.462 e. The van der Waals surface area contributed by atoms with Crippen molar-refractivity contribution in [2.24, 2.45) is 5.41 Å². The fraction of sp³-hybridized carbons (Fsp3) is 0.500. The molecule has 2 heterocycles. The van der Waals surface area contributed by atoms with Crippen molar-refractivity contribution >= 4 is 19.5 Å². The Kier molecular flexibility index (Phi) is 9.30. The smallest absolute Gasteiger partial charge is 0.459 e. The van der Waals surface area contributed by atoms with Gasteiger partial charge in [0, 0.05) is 13.2 Å². The van der Waals surface area contributed by atoms with E-state index >= 15 is 0 Å². The van der Waals surface area contributed by atoms with Gasteiger partial charge in [-0.15, -0.1) is 0 Å². The predicted octanol–water partition coefficient (Wildman–Crippen LogP) is 2.21. The number of aliphatic hydroxyl groups is 1. The number of benzene rings is 1. The van der Waals surface area contributed by atoms with Crippen LogP contribution in [0.25, 0.3) is 0 Å². The number of aromatic nitrogens is 2. The van der Waals surface area contributed by atoms with Crippen molar-refractivity contribution in [2.45, 2.75) is 58.3 Å². The van der Waals surface area contributed by atoms with Crippen LogP contribution in [0.15, 0.2) is 47.4 Å². The van der Waals surface area contributed by atoms with Gasteiger partial charge in [0.15, 0.2) is 6.23 Å². The Labute approximate surface area is 220 Å². The number of carbonyl (C=O) groups is 1. The molecular weight excluding hydrogens is 517 g/mol. The summed E-state index contributed by atoms with van der Waals surface area (Å²) in [6.07, 6.45) is -2.85. The molecule has 0 radical (unpaired) electrons. The number of aliphatic hydroxyl groups excluding tert-OH is 1. The second-order valence-corrected chi connectivity index (χ2v) is 10.8. The third-order valence-corrected chi connectivity index (χ3v) is 7.44. The van der Waals surface area contributed by atoms with Crippen molar-refractivity contribution in [3.63, 3.8) is 0 Å². The lowest BCUT2D eigenvalue weighted by molar-refractivity contribution is -0.149. The molecule has 1 aromatic heterocycles. The number of hydrogen-bond donors (Lipinski definition) is 3. The van der Waals surface area contributed by atoms with Crippen LogP contribution in [0.3, 0.4) is 0 Å².